The van der Waals surface area contributed by atoms with Crippen LogP contribution in [0.2, 0.25) is 0 Å². The summed E-state index contributed by atoms with van der Waals surface area (Å²) >= 11 is 0. The minimum atomic E-state index is 0.795. The van der Waals surface area contributed by atoms with E-state index >= 15 is 0 Å². The van der Waals surface area contributed by atoms with Crippen LogP contribution < -0.4 is 5.48 Å². The Bertz CT molecular complexity index is 296. The van der Waals surface area contributed by atoms with Gasteiger partial charge in [-0.15, -0.1) is 0 Å². The van der Waals surface area contributed by atoms with Crippen molar-refractivity contribution in [3.8, 4) is 0 Å². The lowest BCUT2D eigenvalue weighted by molar-refractivity contribution is 0.0867. The predicted molar refractivity (Wildman–Crippen MR) is 52.3 cm³/mol. The Morgan fingerprint density at radius 3 is 3.00 bits per heavy atom. The highest BCUT2D eigenvalue weighted by atomic mass is 16.6. The van der Waals surface area contributed by atoms with Crippen molar-refractivity contribution < 1.29 is 4.84 Å². The highest BCUT2D eigenvalue weighted by molar-refractivity contribution is 5.35. The molecule has 1 aliphatic carbocycles. The summed E-state index contributed by atoms with van der Waals surface area (Å²) in [6.07, 6.45) is 3.82. The number of aryl methyl sites for hydroxylation is 2. The van der Waals surface area contributed by atoms with Crippen LogP contribution in [0.1, 0.15) is 23.1 Å². The first kappa shape index (κ1) is 8.73. The van der Waals surface area contributed by atoms with Crippen LogP contribution in [-0.2, 0) is 24.2 Å². The molecule has 0 amide bonds. The fourth-order valence-corrected chi connectivity index (χ4v) is 1.89. The van der Waals surface area contributed by atoms with Crippen LogP contribution >= 0.6 is 0 Å². The van der Waals surface area contributed by atoms with Gasteiger partial charge < -0.3 is 4.84 Å². The molecule has 2 nitrogen and oxygen atoms in total. The summed E-state index contributed by atoms with van der Waals surface area (Å²) in [5, 5.41) is 0. The first-order valence-corrected chi connectivity index (χ1v) is 4.76. The smallest absolute Gasteiger partial charge is 0.0572 e. The Labute approximate surface area is 78.9 Å². The number of hydrogen-bond donors (Lipinski definition) is 1. The summed E-state index contributed by atoms with van der Waals surface area (Å²) < 4.78 is 0. The van der Waals surface area contributed by atoms with E-state index in [1.807, 2.05) is 0 Å². The normalized spacial score (nSPS) is 14.5. The molecule has 0 aromatic heterocycles. The number of hydrogen-bond acceptors (Lipinski definition) is 2. The first-order valence-electron chi connectivity index (χ1n) is 4.76. The molecule has 0 atom stereocenters. The third-order valence-electron chi connectivity index (χ3n) is 2.58. The van der Waals surface area contributed by atoms with Crippen molar-refractivity contribution in [1.82, 2.24) is 5.48 Å². The van der Waals surface area contributed by atoms with Crippen molar-refractivity contribution in [2.75, 3.05) is 7.11 Å². The summed E-state index contributed by atoms with van der Waals surface area (Å²) in [6, 6.07) is 6.71. The second kappa shape index (κ2) is 3.90. The maximum absolute atomic E-state index is 4.82. The molecule has 0 spiro atoms. The predicted octanol–water partition coefficient (Wildman–Crippen LogP) is 1.83. The molecule has 2 heteroatoms. The second-order valence-corrected chi connectivity index (χ2v) is 3.48. The molecule has 0 fully saturated rings. The molecule has 1 aromatic rings. The zero-order chi connectivity index (χ0) is 9.10. The lowest BCUT2D eigenvalue weighted by Crippen LogP contribution is -2.10. The maximum atomic E-state index is 4.82. The Morgan fingerprint density at radius 1 is 1.31 bits per heavy atom. The van der Waals surface area contributed by atoms with Crippen molar-refractivity contribution in [2.24, 2.45) is 0 Å². The molecular weight excluding hydrogens is 162 g/mol. The van der Waals surface area contributed by atoms with Crippen LogP contribution in [0.3, 0.4) is 0 Å². The van der Waals surface area contributed by atoms with Crippen LogP contribution in [0.15, 0.2) is 18.2 Å². The first-order chi connectivity index (χ1) is 6.40. The molecule has 13 heavy (non-hydrogen) atoms. The van der Waals surface area contributed by atoms with Crippen LogP contribution in [0.5, 0.6) is 0 Å². The molecule has 0 heterocycles. The van der Waals surface area contributed by atoms with Gasteiger partial charge in [0.25, 0.3) is 0 Å². The molecule has 0 saturated heterocycles. The monoisotopic (exact) mass is 177 g/mol. The average molecular weight is 177 g/mol. The Morgan fingerprint density at radius 2 is 2.15 bits per heavy atom. The van der Waals surface area contributed by atoms with Gasteiger partial charge >= 0.3 is 0 Å². The van der Waals surface area contributed by atoms with E-state index in [4.69, 9.17) is 4.84 Å². The van der Waals surface area contributed by atoms with Gasteiger partial charge in [-0.25, -0.2) is 0 Å². The standard InChI is InChI=1S/C11H15NO/c1-13-12-8-9-5-6-10-3-2-4-11(10)7-9/h5-7,12H,2-4,8H2,1H3. The quantitative estimate of drug-likeness (QED) is 0.711. The van der Waals surface area contributed by atoms with Gasteiger partial charge in [-0.05, 0) is 36.0 Å². The minimum absolute atomic E-state index is 0.795. The number of rotatable bonds is 3. The molecule has 70 valence electrons. The number of fused-ring (bicyclic) bond motifs is 1. The van der Waals surface area contributed by atoms with E-state index in [9.17, 15) is 0 Å². The molecule has 0 bridgehead atoms. The van der Waals surface area contributed by atoms with Crippen molar-refractivity contribution in [1.29, 1.82) is 0 Å². The van der Waals surface area contributed by atoms with E-state index in [-0.39, 0.29) is 0 Å². The minimum Gasteiger partial charge on any atom is -0.305 e. The lowest BCUT2D eigenvalue weighted by Gasteiger charge is -2.04. The molecular formula is C11H15NO. The third kappa shape index (κ3) is 1.90. The Balaban J connectivity index is 2.12. The zero-order valence-electron chi connectivity index (χ0n) is 7.97. The highest BCUT2D eigenvalue weighted by Gasteiger charge is 2.10. The van der Waals surface area contributed by atoms with Gasteiger partial charge in [0, 0.05) is 6.54 Å². The second-order valence-electron chi connectivity index (χ2n) is 3.48. The average Bonchev–Trinajstić information content (AvgIpc) is 2.61. The van der Waals surface area contributed by atoms with Crippen molar-refractivity contribution in [3.63, 3.8) is 0 Å². The molecule has 0 aliphatic heterocycles. The highest BCUT2D eigenvalue weighted by Crippen LogP contribution is 2.22. The molecule has 0 radical (unpaired) electrons. The van der Waals surface area contributed by atoms with Crippen molar-refractivity contribution in [3.05, 3.63) is 34.9 Å². The number of benzene rings is 1. The van der Waals surface area contributed by atoms with Gasteiger partial charge in [0.2, 0.25) is 0 Å². The zero-order valence-corrected chi connectivity index (χ0v) is 7.97. The summed E-state index contributed by atoms with van der Waals surface area (Å²) in [5.41, 5.74) is 7.22. The largest absolute Gasteiger partial charge is 0.305 e. The molecule has 0 saturated carbocycles. The third-order valence-corrected chi connectivity index (χ3v) is 2.58. The van der Waals surface area contributed by atoms with E-state index in [0.717, 1.165) is 6.54 Å². The van der Waals surface area contributed by atoms with Gasteiger partial charge in [-0.1, -0.05) is 18.2 Å². The molecule has 2 rings (SSSR count). The lowest BCUT2D eigenvalue weighted by atomic mass is 10.1. The van der Waals surface area contributed by atoms with Gasteiger partial charge in [0.05, 0.1) is 7.11 Å². The SMILES string of the molecule is CONCc1ccc2c(c1)CCC2. The molecule has 1 N–H and O–H groups in total. The maximum Gasteiger partial charge on any atom is 0.0572 e. The van der Waals surface area contributed by atoms with E-state index in [1.54, 1.807) is 7.11 Å². The Hall–Kier alpha value is -0.860. The van der Waals surface area contributed by atoms with Crippen molar-refractivity contribution >= 4 is 0 Å². The van der Waals surface area contributed by atoms with Gasteiger partial charge in [0.1, 0.15) is 0 Å². The van der Waals surface area contributed by atoms with Crippen LogP contribution in [0, 0.1) is 0 Å². The summed E-state index contributed by atoms with van der Waals surface area (Å²) in [6.45, 7) is 0.795. The fraction of sp³-hybridized carbons (Fsp3) is 0.455. The summed E-state index contributed by atoms with van der Waals surface area (Å²) in [5.74, 6) is 0. The molecule has 1 aliphatic rings. The molecule has 0 unspecified atom stereocenters. The van der Waals surface area contributed by atoms with E-state index in [1.165, 1.54) is 36.0 Å². The number of hydroxylamine groups is 1. The number of nitrogens with one attached hydrogen (secondary N) is 1. The van der Waals surface area contributed by atoms with Gasteiger partial charge in [-0.2, -0.15) is 5.48 Å². The fourth-order valence-electron chi connectivity index (χ4n) is 1.89. The van der Waals surface area contributed by atoms with Crippen LogP contribution in [-0.4, -0.2) is 7.11 Å². The van der Waals surface area contributed by atoms with E-state index in [2.05, 4.69) is 23.7 Å². The van der Waals surface area contributed by atoms with E-state index < -0.39 is 0 Å². The Kier molecular flexibility index (Phi) is 2.62. The van der Waals surface area contributed by atoms with Crippen LogP contribution in [0.4, 0.5) is 0 Å². The van der Waals surface area contributed by atoms with Gasteiger partial charge in [-0.3, -0.25) is 0 Å². The van der Waals surface area contributed by atoms with E-state index in [0.29, 0.717) is 0 Å². The van der Waals surface area contributed by atoms with Crippen LogP contribution in [0.25, 0.3) is 0 Å². The molecule has 1 aromatic carbocycles. The summed E-state index contributed by atoms with van der Waals surface area (Å²) in [4.78, 5) is 4.82. The summed E-state index contributed by atoms with van der Waals surface area (Å²) in [7, 11) is 1.65. The van der Waals surface area contributed by atoms with Gasteiger partial charge in [0.15, 0.2) is 0 Å². The van der Waals surface area contributed by atoms with Crippen molar-refractivity contribution in [2.45, 2.75) is 25.8 Å². The topological polar surface area (TPSA) is 21.3 Å².